The molecular formula is C12H16ClNO. The SMILES string of the molecule is Nc1cc(Cl)ccc1CC1CCOCC1. The Labute approximate surface area is 95.4 Å². The molecule has 82 valence electrons. The van der Waals surface area contributed by atoms with E-state index in [2.05, 4.69) is 0 Å². The van der Waals surface area contributed by atoms with Gasteiger partial charge in [-0.3, -0.25) is 0 Å². The van der Waals surface area contributed by atoms with Crippen molar-refractivity contribution in [3.05, 3.63) is 28.8 Å². The minimum absolute atomic E-state index is 0.710. The first kappa shape index (κ1) is 10.8. The van der Waals surface area contributed by atoms with Crippen LogP contribution >= 0.6 is 11.6 Å². The Morgan fingerprint density at radius 3 is 2.73 bits per heavy atom. The molecule has 15 heavy (non-hydrogen) atoms. The van der Waals surface area contributed by atoms with Crippen LogP contribution in [-0.2, 0) is 11.2 Å². The predicted molar refractivity (Wildman–Crippen MR) is 63.1 cm³/mol. The molecule has 0 radical (unpaired) electrons. The van der Waals surface area contributed by atoms with Gasteiger partial charge in [0.2, 0.25) is 0 Å². The Morgan fingerprint density at radius 2 is 2.07 bits per heavy atom. The molecule has 2 nitrogen and oxygen atoms in total. The summed E-state index contributed by atoms with van der Waals surface area (Å²) >= 11 is 5.86. The Morgan fingerprint density at radius 1 is 1.33 bits per heavy atom. The van der Waals surface area contributed by atoms with Gasteiger partial charge in [0.25, 0.3) is 0 Å². The Balaban J connectivity index is 2.03. The van der Waals surface area contributed by atoms with Crippen molar-refractivity contribution in [3.8, 4) is 0 Å². The summed E-state index contributed by atoms with van der Waals surface area (Å²) < 4.78 is 5.33. The normalized spacial score (nSPS) is 17.9. The number of halogens is 1. The van der Waals surface area contributed by atoms with E-state index in [9.17, 15) is 0 Å². The summed E-state index contributed by atoms with van der Waals surface area (Å²) in [7, 11) is 0. The lowest BCUT2D eigenvalue weighted by Crippen LogP contribution is -2.18. The zero-order valence-corrected chi connectivity index (χ0v) is 9.46. The predicted octanol–water partition coefficient (Wildman–Crippen LogP) is 2.89. The molecule has 3 heteroatoms. The molecule has 1 saturated heterocycles. The van der Waals surface area contributed by atoms with Gasteiger partial charge >= 0.3 is 0 Å². The van der Waals surface area contributed by atoms with Crippen LogP contribution in [-0.4, -0.2) is 13.2 Å². The van der Waals surface area contributed by atoms with Crippen molar-refractivity contribution in [2.24, 2.45) is 5.92 Å². The second kappa shape index (κ2) is 4.86. The second-order valence-electron chi connectivity index (χ2n) is 4.10. The third kappa shape index (κ3) is 2.86. The van der Waals surface area contributed by atoms with E-state index in [1.165, 1.54) is 5.56 Å². The van der Waals surface area contributed by atoms with Crippen LogP contribution in [0.25, 0.3) is 0 Å². The van der Waals surface area contributed by atoms with Crippen LogP contribution < -0.4 is 5.73 Å². The van der Waals surface area contributed by atoms with Crippen LogP contribution in [0.2, 0.25) is 5.02 Å². The quantitative estimate of drug-likeness (QED) is 0.786. The fourth-order valence-corrected chi connectivity index (χ4v) is 2.19. The highest BCUT2D eigenvalue weighted by Gasteiger charge is 2.15. The highest BCUT2D eigenvalue weighted by molar-refractivity contribution is 6.30. The topological polar surface area (TPSA) is 35.2 Å². The third-order valence-electron chi connectivity index (χ3n) is 2.96. The zero-order chi connectivity index (χ0) is 10.7. The molecule has 0 spiro atoms. The smallest absolute Gasteiger partial charge is 0.0468 e. The highest BCUT2D eigenvalue weighted by atomic mass is 35.5. The minimum atomic E-state index is 0.710. The van der Waals surface area contributed by atoms with Crippen LogP contribution in [0.3, 0.4) is 0 Å². The molecule has 0 amide bonds. The Bertz CT molecular complexity index is 334. The molecular weight excluding hydrogens is 210 g/mol. The number of anilines is 1. The number of hydrogen-bond acceptors (Lipinski definition) is 2. The summed E-state index contributed by atoms with van der Waals surface area (Å²) in [6.45, 7) is 1.77. The molecule has 0 bridgehead atoms. The molecule has 1 heterocycles. The van der Waals surface area contributed by atoms with Gasteiger partial charge < -0.3 is 10.5 Å². The van der Waals surface area contributed by atoms with Gasteiger partial charge in [-0.05, 0) is 42.9 Å². The maximum Gasteiger partial charge on any atom is 0.0468 e. The third-order valence-corrected chi connectivity index (χ3v) is 3.19. The number of rotatable bonds is 2. The van der Waals surface area contributed by atoms with E-state index in [1.54, 1.807) is 0 Å². The number of ether oxygens (including phenoxy) is 1. The molecule has 1 aromatic rings. The van der Waals surface area contributed by atoms with Crippen molar-refractivity contribution in [1.82, 2.24) is 0 Å². The van der Waals surface area contributed by atoms with Crippen molar-refractivity contribution in [3.63, 3.8) is 0 Å². The van der Waals surface area contributed by atoms with Gasteiger partial charge in [-0.1, -0.05) is 17.7 Å². The van der Waals surface area contributed by atoms with Crippen LogP contribution in [0.5, 0.6) is 0 Å². The molecule has 1 aliphatic heterocycles. The van der Waals surface area contributed by atoms with Crippen molar-refractivity contribution in [1.29, 1.82) is 0 Å². The summed E-state index contributed by atoms with van der Waals surface area (Å²) in [5.41, 5.74) is 7.95. The molecule has 1 aromatic carbocycles. The average molecular weight is 226 g/mol. The number of nitrogen functional groups attached to an aromatic ring is 1. The van der Waals surface area contributed by atoms with E-state index in [0.717, 1.165) is 38.2 Å². The first-order valence-corrected chi connectivity index (χ1v) is 5.75. The lowest BCUT2D eigenvalue weighted by atomic mass is 9.92. The van der Waals surface area contributed by atoms with Crippen molar-refractivity contribution in [2.75, 3.05) is 18.9 Å². The van der Waals surface area contributed by atoms with Crippen molar-refractivity contribution < 1.29 is 4.74 Å². The molecule has 1 fully saturated rings. The second-order valence-corrected chi connectivity index (χ2v) is 4.54. The maximum atomic E-state index is 5.92. The Hall–Kier alpha value is -0.730. The van der Waals surface area contributed by atoms with Crippen LogP contribution in [0, 0.1) is 5.92 Å². The van der Waals surface area contributed by atoms with E-state index in [0.29, 0.717) is 10.9 Å². The molecule has 2 rings (SSSR count). The van der Waals surface area contributed by atoms with Gasteiger partial charge in [0.1, 0.15) is 0 Å². The molecule has 0 saturated carbocycles. The summed E-state index contributed by atoms with van der Waals surface area (Å²) in [6.07, 6.45) is 3.33. The zero-order valence-electron chi connectivity index (χ0n) is 8.71. The maximum absolute atomic E-state index is 5.92. The molecule has 2 N–H and O–H groups in total. The lowest BCUT2D eigenvalue weighted by molar-refractivity contribution is 0.0666. The van der Waals surface area contributed by atoms with Crippen LogP contribution in [0.4, 0.5) is 5.69 Å². The molecule has 0 atom stereocenters. The van der Waals surface area contributed by atoms with Gasteiger partial charge in [0, 0.05) is 23.9 Å². The molecule has 0 unspecified atom stereocenters. The summed E-state index contributed by atoms with van der Waals surface area (Å²) in [6, 6.07) is 5.77. The van der Waals surface area contributed by atoms with Gasteiger partial charge in [0.15, 0.2) is 0 Å². The Kier molecular flexibility index (Phi) is 3.49. The summed E-state index contributed by atoms with van der Waals surface area (Å²) in [5.74, 6) is 0.710. The van der Waals surface area contributed by atoms with E-state index in [-0.39, 0.29) is 0 Å². The van der Waals surface area contributed by atoms with E-state index >= 15 is 0 Å². The monoisotopic (exact) mass is 225 g/mol. The fraction of sp³-hybridized carbons (Fsp3) is 0.500. The van der Waals surface area contributed by atoms with Crippen molar-refractivity contribution in [2.45, 2.75) is 19.3 Å². The van der Waals surface area contributed by atoms with Gasteiger partial charge in [0.05, 0.1) is 0 Å². The molecule has 0 aliphatic carbocycles. The van der Waals surface area contributed by atoms with Crippen molar-refractivity contribution >= 4 is 17.3 Å². The van der Waals surface area contributed by atoms with Gasteiger partial charge in [-0.2, -0.15) is 0 Å². The lowest BCUT2D eigenvalue weighted by Gasteiger charge is -2.22. The number of benzene rings is 1. The highest BCUT2D eigenvalue weighted by Crippen LogP contribution is 2.25. The van der Waals surface area contributed by atoms with Gasteiger partial charge in [-0.15, -0.1) is 0 Å². The number of hydrogen-bond donors (Lipinski definition) is 1. The summed E-state index contributed by atoms with van der Waals surface area (Å²) in [4.78, 5) is 0. The number of nitrogens with two attached hydrogens (primary N) is 1. The molecule has 0 aromatic heterocycles. The van der Waals surface area contributed by atoms with E-state index in [1.807, 2.05) is 18.2 Å². The van der Waals surface area contributed by atoms with E-state index in [4.69, 9.17) is 22.1 Å². The molecule has 1 aliphatic rings. The summed E-state index contributed by atoms with van der Waals surface area (Å²) in [5, 5.41) is 0.711. The standard InChI is InChI=1S/C12H16ClNO/c13-11-2-1-10(12(14)8-11)7-9-3-5-15-6-4-9/h1-2,8-9H,3-7,14H2. The first-order valence-electron chi connectivity index (χ1n) is 5.37. The fourth-order valence-electron chi connectivity index (χ4n) is 2.01. The first-order chi connectivity index (χ1) is 7.25. The van der Waals surface area contributed by atoms with Gasteiger partial charge in [-0.25, -0.2) is 0 Å². The van der Waals surface area contributed by atoms with E-state index < -0.39 is 0 Å². The minimum Gasteiger partial charge on any atom is -0.398 e. The van der Waals surface area contributed by atoms with Crippen LogP contribution in [0.15, 0.2) is 18.2 Å². The van der Waals surface area contributed by atoms with Crippen LogP contribution in [0.1, 0.15) is 18.4 Å². The average Bonchev–Trinajstić information content (AvgIpc) is 2.24. The largest absolute Gasteiger partial charge is 0.398 e.